The number of benzene rings is 1. The van der Waals surface area contributed by atoms with Crippen molar-refractivity contribution in [1.82, 2.24) is 9.78 Å². The van der Waals surface area contributed by atoms with Crippen molar-refractivity contribution in [2.24, 2.45) is 0 Å². The lowest BCUT2D eigenvalue weighted by Crippen LogP contribution is -2.13. The molecule has 94 valence electrons. The highest BCUT2D eigenvalue weighted by molar-refractivity contribution is 9.10. The summed E-state index contributed by atoms with van der Waals surface area (Å²) in [6, 6.07) is 5.86. The minimum absolute atomic E-state index is 0.0796. The number of nitrogens with zero attached hydrogens (tertiary/aromatic N) is 2. The second-order valence-corrected chi connectivity index (χ2v) is 5.16. The second kappa shape index (κ2) is 5.02. The van der Waals surface area contributed by atoms with Crippen molar-refractivity contribution < 1.29 is 9.18 Å². The molecule has 0 amide bonds. The number of ketones is 1. The van der Waals surface area contributed by atoms with Crippen LogP contribution < -0.4 is 0 Å². The zero-order valence-corrected chi connectivity index (χ0v) is 11.6. The van der Waals surface area contributed by atoms with E-state index in [0.29, 0.717) is 15.7 Å². The fraction of sp³-hybridized carbons (Fsp3) is 0.231. The van der Waals surface area contributed by atoms with E-state index < -0.39 is 5.82 Å². The minimum Gasteiger partial charge on any atom is -0.287 e. The molecule has 0 aliphatic carbocycles. The topological polar surface area (TPSA) is 34.9 Å². The highest BCUT2D eigenvalue weighted by atomic mass is 79.9. The van der Waals surface area contributed by atoms with Crippen LogP contribution in [0.5, 0.6) is 0 Å². The number of carbonyl (C=O) groups is 1. The Labute approximate surface area is 113 Å². The second-order valence-electron chi connectivity index (χ2n) is 4.24. The van der Waals surface area contributed by atoms with Gasteiger partial charge in [-0.1, -0.05) is 15.9 Å². The van der Waals surface area contributed by atoms with Crippen molar-refractivity contribution in [3.8, 4) is 0 Å². The van der Waals surface area contributed by atoms with Gasteiger partial charge in [0.2, 0.25) is 5.78 Å². The van der Waals surface area contributed by atoms with Gasteiger partial charge in [-0.15, -0.1) is 0 Å². The molecule has 1 aromatic carbocycles. The van der Waals surface area contributed by atoms with E-state index in [0.717, 1.165) is 0 Å². The van der Waals surface area contributed by atoms with E-state index in [-0.39, 0.29) is 11.8 Å². The number of carbonyl (C=O) groups excluding carboxylic acids is 1. The first-order valence-corrected chi connectivity index (χ1v) is 6.32. The summed E-state index contributed by atoms with van der Waals surface area (Å²) in [5.41, 5.74) is 0.770. The smallest absolute Gasteiger partial charge is 0.211 e. The number of aromatic nitrogens is 2. The molecule has 0 saturated heterocycles. The first kappa shape index (κ1) is 13.0. The van der Waals surface area contributed by atoms with Gasteiger partial charge in [-0.25, -0.2) is 4.39 Å². The lowest BCUT2D eigenvalue weighted by molar-refractivity contribution is 0.102. The average molecular weight is 311 g/mol. The van der Waals surface area contributed by atoms with Crippen LogP contribution in [0.3, 0.4) is 0 Å². The van der Waals surface area contributed by atoms with Gasteiger partial charge in [0.25, 0.3) is 0 Å². The van der Waals surface area contributed by atoms with Crippen molar-refractivity contribution in [3.05, 3.63) is 52.0 Å². The molecule has 0 radical (unpaired) electrons. The average Bonchev–Trinajstić information content (AvgIpc) is 2.75. The van der Waals surface area contributed by atoms with E-state index in [1.165, 1.54) is 12.1 Å². The zero-order chi connectivity index (χ0) is 13.3. The van der Waals surface area contributed by atoms with Gasteiger partial charge in [0.05, 0.1) is 0 Å². The molecule has 0 unspecified atom stereocenters. The molecule has 2 aromatic rings. The molecular weight excluding hydrogens is 299 g/mol. The van der Waals surface area contributed by atoms with E-state index >= 15 is 0 Å². The van der Waals surface area contributed by atoms with Crippen molar-refractivity contribution in [1.29, 1.82) is 0 Å². The summed E-state index contributed by atoms with van der Waals surface area (Å²) < 4.78 is 15.5. The minimum atomic E-state index is -0.441. The number of rotatable bonds is 3. The maximum absolute atomic E-state index is 13.3. The number of hydrogen-bond donors (Lipinski definition) is 0. The van der Waals surface area contributed by atoms with Crippen LogP contribution in [0.4, 0.5) is 4.39 Å². The Morgan fingerprint density at radius 2 is 2.11 bits per heavy atom. The van der Waals surface area contributed by atoms with Crippen LogP contribution >= 0.6 is 15.9 Å². The largest absolute Gasteiger partial charge is 0.287 e. The Morgan fingerprint density at radius 1 is 1.39 bits per heavy atom. The summed E-state index contributed by atoms with van der Waals surface area (Å²) in [6.07, 6.45) is 1.57. The van der Waals surface area contributed by atoms with Crippen LogP contribution in [0.25, 0.3) is 0 Å². The lowest BCUT2D eigenvalue weighted by atomic mass is 10.1. The molecule has 0 N–H and O–H groups in total. The standard InChI is InChI=1S/C13H12BrFN2O/c1-8(2)17-12(3-4-16-17)13(18)9-5-10(14)7-11(15)6-9/h3-8H,1-2H3. The number of hydrogen-bond acceptors (Lipinski definition) is 2. The van der Waals surface area contributed by atoms with Crippen LogP contribution in [0.1, 0.15) is 35.9 Å². The fourth-order valence-electron chi connectivity index (χ4n) is 1.74. The van der Waals surface area contributed by atoms with Gasteiger partial charge in [0.1, 0.15) is 11.5 Å². The van der Waals surface area contributed by atoms with Crippen molar-refractivity contribution >= 4 is 21.7 Å². The van der Waals surface area contributed by atoms with Crippen LogP contribution in [0.2, 0.25) is 0 Å². The maximum atomic E-state index is 13.3. The van der Waals surface area contributed by atoms with Gasteiger partial charge in [-0.3, -0.25) is 9.48 Å². The Kier molecular flexibility index (Phi) is 3.61. The van der Waals surface area contributed by atoms with E-state index in [1.54, 1.807) is 23.0 Å². The van der Waals surface area contributed by atoms with Crippen LogP contribution in [0, 0.1) is 5.82 Å². The summed E-state index contributed by atoms with van der Waals surface area (Å²) in [7, 11) is 0. The van der Waals surface area contributed by atoms with Gasteiger partial charge >= 0.3 is 0 Å². The Balaban J connectivity index is 2.45. The first-order chi connectivity index (χ1) is 8.49. The predicted molar refractivity (Wildman–Crippen MR) is 70.1 cm³/mol. The SMILES string of the molecule is CC(C)n1nccc1C(=O)c1cc(F)cc(Br)c1. The molecule has 0 saturated carbocycles. The van der Waals surface area contributed by atoms with Crippen molar-refractivity contribution in [3.63, 3.8) is 0 Å². The lowest BCUT2D eigenvalue weighted by Gasteiger charge is -2.10. The normalized spacial score (nSPS) is 10.9. The molecule has 18 heavy (non-hydrogen) atoms. The Hall–Kier alpha value is -1.49. The molecule has 5 heteroatoms. The van der Waals surface area contributed by atoms with Crippen LogP contribution in [-0.2, 0) is 0 Å². The van der Waals surface area contributed by atoms with Gasteiger partial charge in [0, 0.05) is 22.3 Å². The molecule has 1 aromatic heterocycles. The molecule has 0 atom stereocenters. The predicted octanol–water partition coefficient (Wildman–Crippen LogP) is 3.60. The van der Waals surface area contributed by atoms with Gasteiger partial charge < -0.3 is 0 Å². The van der Waals surface area contributed by atoms with E-state index in [9.17, 15) is 9.18 Å². The van der Waals surface area contributed by atoms with Crippen molar-refractivity contribution in [2.75, 3.05) is 0 Å². The molecule has 2 rings (SSSR count). The molecule has 3 nitrogen and oxygen atoms in total. The van der Waals surface area contributed by atoms with Crippen molar-refractivity contribution in [2.45, 2.75) is 19.9 Å². The van der Waals surface area contributed by atoms with E-state index in [4.69, 9.17) is 0 Å². The highest BCUT2D eigenvalue weighted by Crippen LogP contribution is 2.19. The third-order valence-electron chi connectivity index (χ3n) is 2.52. The van der Waals surface area contributed by atoms with E-state index in [2.05, 4.69) is 21.0 Å². The van der Waals surface area contributed by atoms with Crippen LogP contribution in [0.15, 0.2) is 34.9 Å². The molecule has 0 aliphatic rings. The zero-order valence-electron chi connectivity index (χ0n) is 10.0. The summed E-state index contributed by atoms with van der Waals surface area (Å²) in [5.74, 6) is -0.676. The third kappa shape index (κ3) is 2.51. The van der Waals surface area contributed by atoms with Gasteiger partial charge in [0.15, 0.2) is 0 Å². The van der Waals surface area contributed by atoms with Gasteiger partial charge in [-0.05, 0) is 38.1 Å². The summed E-state index contributed by atoms with van der Waals surface area (Å²) in [6.45, 7) is 3.87. The molecule has 0 spiro atoms. The quantitative estimate of drug-likeness (QED) is 0.812. The highest BCUT2D eigenvalue weighted by Gasteiger charge is 2.17. The molecule has 0 fully saturated rings. The summed E-state index contributed by atoms with van der Waals surface area (Å²) in [4.78, 5) is 12.3. The van der Waals surface area contributed by atoms with Crippen LogP contribution in [-0.4, -0.2) is 15.6 Å². The fourth-order valence-corrected chi connectivity index (χ4v) is 2.20. The molecule has 1 heterocycles. The number of halogens is 2. The first-order valence-electron chi connectivity index (χ1n) is 5.53. The third-order valence-corrected chi connectivity index (χ3v) is 2.97. The monoisotopic (exact) mass is 310 g/mol. The van der Waals surface area contributed by atoms with E-state index in [1.807, 2.05) is 13.8 Å². The Bertz CT molecular complexity index is 572. The maximum Gasteiger partial charge on any atom is 0.211 e. The summed E-state index contributed by atoms with van der Waals surface area (Å²) >= 11 is 3.18. The molecular formula is C13H12BrFN2O. The Morgan fingerprint density at radius 3 is 2.72 bits per heavy atom. The summed E-state index contributed by atoms with van der Waals surface area (Å²) in [5, 5.41) is 4.10. The van der Waals surface area contributed by atoms with Gasteiger partial charge in [-0.2, -0.15) is 5.10 Å². The molecule has 0 bridgehead atoms. The molecule has 0 aliphatic heterocycles.